The Morgan fingerprint density at radius 3 is 2.62 bits per heavy atom. The number of nitrogens with one attached hydrogen (secondary N) is 2. The summed E-state index contributed by atoms with van der Waals surface area (Å²) < 4.78 is 0. The summed E-state index contributed by atoms with van der Waals surface area (Å²) in [6, 6.07) is 5.66. The largest absolute Gasteiger partial charge is 0.324 e. The predicted octanol–water partition coefficient (Wildman–Crippen LogP) is 1.79. The SMILES string of the molecule is CCCCN1C(=O)[C@H]2C(C)NC3(C(=O)Nc4ccc(CC)cc43)[C@H]2C1=O. The summed E-state index contributed by atoms with van der Waals surface area (Å²) in [6.07, 6.45) is 2.54. The van der Waals surface area contributed by atoms with E-state index in [9.17, 15) is 14.4 Å². The molecule has 0 bridgehead atoms. The summed E-state index contributed by atoms with van der Waals surface area (Å²) in [4.78, 5) is 40.6. The van der Waals surface area contributed by atoms with Gasteiger partial charge in [0.05, 0.1) is 11.8 Å². The van der Waals surface area contributed by atoms with Gasteiger partial charge in [-0.3, -0.25) is 24.6 Å². The maximum absolute atomic E-state index is 13.2. The van der Waals surface area contributed by atoms with Crippen LogP contribution in [-0.2, 0) is 26.3 Å². The Morgan fingerprint density at radius 1 is 1.15 bits per heavy atom. The van der Waals surface area contributed by atoms with Crippen molar-refractivity contribution < 1.29 is 14.4 Å². The van der Waals surface area contributed by atoms with Crippen LogP contribution in [0.2, 0.25) is 0 Å². The fourth-order valence-corrected chi connectivity index (χ4v) is 4.83. The number of rotatable bonds is 4. The quantitative estimate of drug-likeness (QED) is 0.807. The fourth-order valence-electron chi connectivity index (χ4n) is 4.83. The van der Waals surface area contributed by atoms with Crippen LogP contribution in [0.3, 0.4) is 0 Å². The molecular weight excluding hydrogens is 330 g/mol. The molecule has 2 saturated heterocycles. The highest BCUT2D eigenvalue weighted by Gasteiger charge is 2.69. The van der Waals surface area contributed by atoms with E-state index in [0.717, 1.165) is 36.1 Å². The first kappa shape index (κ1) is 17.2. The number of anilines is 1. The first-order chi connectivity index (χ1) is 12.5. The molecule has 26 heavy (non-hydrogen) atoms. The zero-order valence-electron chi connectivity index (χ0n) is 15.5. The van der Waals surface area contributed by atoms with Crippen molar-refractivity contribution in [1.29, 1.82) is 0 Å². The lowest BCUT2D eigenvalue weighted by atomic mass is 9.76. The van der Waals surface area contributed by atoms with Gasteiger partial charge in [0.25, 0.3) is 0 Å². The molecule has 6 nitrogen and oxygen atoms in total. The third kappa shape index (κ3) is 2.05. The van der Waals surface area contributed by atoms with Crippen molar-refractivity contribution in [3.05, 3.63) is 29.3 Å². The van der Waals surface area contributed by atoms with Gasteiger partial charge in [-0.15, -0.1) is 0 Å². The molecule has 1 aromatic carbocycles. The highest BCUT2D eigenvalue weighted by atomic mass is 16.2. The number of likely N-dealkylation sites (tertiary alicyclic amines) is 1. The third-order valence-electron chi connectivity index (χ3n) is 6.16. The van der Waals surface area contributed by atoms with E-state index in [1.54, 1.807) is 0 Å². The Morgan fingerprint density at radius 2 is 1.92 bits per heavy atom. The molecule has 3 amide bonds. The molecule has 4 rings (SSSR count). The molecule has 3 heterocycles. The van der Waals surface area contributed by atoms with E-state index in [1.165, 1.54) is 4.90 Å². The Labute approximate surface area is 153 Å². The van der Waals surface area contributed by atoms with Gasteiger partial charge in [0.1, 0.15) is 5.54 Å². The second kappa shape index (κ2) is 5.91. The number of benzene rings is 1. The van der Waals surface area contributed by atoms with Crippen LogP contribution in [0.4, 0.5) is 5.69 Å². The van der Waals surface area contributed by atoms with E-state index in [4.69, 9.17) is 0 Å². The summed E-state index contributed by atoms with van der Waals surface area (Å²) in [5, 5.41) is 6.27. The maximum Gasteiger partial charge on any atom is 0.250 e. The van der Waals surface area contributed by atoms with Crippen molar-refractivity contribution >= 4 is 23.4 Å². The molecule has 0 saturated carbocycles. The molecule has 138 valence electrons. The molecule has 3 aliphatic rings. The van der Waals surface area contributed by atoms with Crippen LogP contribution in [0.25, 0.3) is 0 Å². The second-order valence-electron chi connectivity index (χ2n) is 7.61. The van der Waals surface area contributed by atoms with E-state index in [2.05, 4.69) is 17.6 Å². The van der Waals surface area contributed by atoms with Crippen molar-refractivity contribution in [2.75, 3.05) is 11.9 Å². The molecule has 0 radical (unpaired) electrons. The van der Waals surface area contributed by atoms with Crippen LogP contribution in [0.5, 0.6) is 0 Å². The Hall–Kier alpha value is -2.21. The van der Waals surface area contributed by atoms with Gasteiger partial charge in [0.15, 0.2) is 0 Å². The lowest BCUT2D eigenvalue weighted by Gasteiger charge is -2.29. The van der Waals surface area contributed by atoms with Gasteiger partial charge in [-0.05, 0) is 31.4 Å². The number of carbonyl (C=O) groups excluding carboxylic acids is 3. The number of nitrogens with zero attached hydrogens (tertiary/aromatic N) is 1. The smallest absolute Gasteiger partial charge is 0.250 e. The molecular formula is C20H25N3O3. The molecule has 0 aliphatic carbocycles. The fraction of sp³-hybridized carbons (Fsp3) is 0.550. The number of hydrogen-bond acceptors (Lipinski definition) is 4. The number of amides is 3. The highest BCUT2D eigenvalue weighted by Crippen LogP contribution is 2.52. The normalized spacial score (nSPS) is 32.3. The zero-order valence-corrected chi connectivity index (χ0v) is 15.5. The summed E-state index contributed by atoms with van der Waals surface area (Å²) >= 11 is 0. The highest BCUT2D eigenvalue weighted by molar-refractivity contribution is 6.15. The Balaban J connectivity index is 1.83. The van der Waals surface area contributed by atoms with Crippen LogP contribution in [0, 0.1) is 11.8 Å². The summed E-state index contributed by atoms with van der Waals surface area (Å²) in [6.45, 7) is 6.43. The Bertz CT molecular complexity index is 805. The predicted molar refractivity (Wildman–Crippen MR) is 97.3 cm³/mol. The molecule has 6 heteroatoms. The van der Waals surface area contributed by atoms with Gasteiger partial charge in [0.2, 0.25) is 17.7 Å². The van der Waals surface area contributed by atoms with Crippen molar-refractivity contribution in [2.45, 2.75) is 51.6 Å². The number of unbranched alkanes of at least 4 members (excludes halogenated alkanes) is 1. The minimum atomic E-state index is -1.14. The van der Waals surface area contributed by atoms with Crippen LogP contribution < -0.4 is 10.6 Å². The molecule has 2 fully saturated rings. The van der Waals surface area contributed by atoms with Gasteiger partial charge in [0, 0.05) is 23.8 Å². The average Bonchev–Trinajstić information content (AvgIpc) is 3.18. The zero-order chi connectivity index (χ0) is 18.6. The summed E-state index contributed by atoms with van der Waals surface area (Å²) in [7, 11) is 0. The van der Waals surface area contributed by atoms with Crippen molar-refractivity contribution in [2.24, 2.45) is 11.8 Å². The van der Waals surface area contributed by atoms with E-state index in [1.807, 2.05) is 32.0 Å². The minimum absolute atomic E-state index is 0.141. The number of carbonyl (C=O) groups is 3. The van der Waals surface area contributed by atoms with E-state index < -0.39 is 17.4 Å². The number of aryl methyl sites for hydroxylation is 1. The van der Waals surface area contributed by atoms with Gasteiger partial charge in [-0.25, -0.2) is 0 Å². The third-order valence-corrected chi connectivity index (χ3v) is 6.16. The van der Waals surface area contributed by atoms with Crippen LogP contribution in [-0.4, -0.2) is 35.2 Å². The van der Waals surface area contributed by atoms with E-state index in [-0.39, 0.29) is 23.8 Å². The summed E-state index contributed by atoms with van der Waals surface area (Å²) in [5.41, 5.74) is 1.51. The summed E-state index contributed by atoms with van der Waals surface area (Å²) in [5.74, 6) is -1.73. The van der Waals surface area contributed by atoms with Gasteiger partial charge in [-0.2, -0.15) is 0 Å². The number of imide groups is 1. The van der Waals surface area contributed by atoms with Crippen LogP contribution in [0.1, 0.15) is 44.7 Å². The van der Waals surface area contributed by atoms with Crippen LogP contribution in [0.15, 0.2) is 18.2 Å². The van der Waals surface area contributed by atoms with Gasteiger partial charge >= 0.3 is 0 Å². The first-order valence-corrected chi connectivity index (χ1v) is 9.53. The lowest BCUT2D eigenvalue weighted by Crippen LogP contribution is -2.53. The second-order valence-corrected chi connectivity index (χ2v) is 7.61. The van der Waals surface area contributed by atoms with Crippen molar-refractivity contribution in [3.63, 3.8) is 0 Å². The van der Waals surface area contributed by atoms with E-state index in [0.29, 0.717) is 6.54 Å². The minimum Gasteiger partial charge on any atom is -0.324 e. The number of hydrogen-bond donors (Lipinski definition) is 2. The topological polar surface area (TPSA) is 78.5 Å². The van der Waals surface area contributed by atoms with Gasteiger partial charge in [-0.1, -0.05) is 32.4 Å². The lowest BCUT2D eigenvalue weighted by molar-refractivity contribution is -0.142. The average molecular weight is 355 g/mol. The molecule has 3 aliphatic heterocycles. The van der Waals surface area contributed by atoms with Crippen LogP contribution >= 0.6 is 0 Å². The Kier molecular flexibility index (Phi) is 3.91. The molecule has 1 spiro atoms. The van der Waals surface area contributed by atoms with Gasteiger partial charge < -0.3 is 5.32 Å². The monoisotopic (exact) mass is 355 g/mol. The number of fused-ring (bicyclic) bond motifs is 4. The maximum atomic E-state index is 13.2. The standard InChI is InChI=1S/C20H25N3O3/c1-4-6-9-23-17(24)15-11(3)22-20(16(15)18(23)25)13-10-12(5-2)7-8-14(13)21-19(20)26/h7-8,10-11,15-16,22H,4-6,9H2,1-3H3,(H,21,26)/t11?,15-,16+,20?/m0/s1. The van der Waals surface area contributed by atoms with Crippen molar-refractivity contribution in [3.8, 4) is 0 Å². The first-order valence-electron chi connectivity index (χ1n) is 9.53. The molecule has 2 unspecified atom stereocenters. The van der Waals surface area contributed by atoms with Crippen molar-refractivity contribution in [1.82, 2.24) is 10.2 Å². The molecule has 2 N–H and O–H groups in total. The molecule has 1 aromatic rings. The molecule has 0 aromatic heterocycles. The molecule has 4 atom stereocenters. The van der Waals surface area contributed by atoms with E-state index >= 15 is 0 Å².